The summed E-state index contributed by atoms with van der Waals surface area (Å²) in [6.45, 7) is 6.21. The van der Waals surface area contributed by atoms with E-state index in [9.17, 15) is 9.59 Å². The van der Waals surface area contributed by atoms with Crippen molar-refractivity contribution in [3.05, 3.63) is 35.4 Å². The van der Waals surface area contributed by atoms with Gasteiger partial charge in [0.25, 0.3) is 5.91 Å². The van der Waals surface area contributed by atoms with Crippen LogP contribution in [0.2, 0.25) is 0 Å². The Hall–Kier alpha value is -2.35. The quantitative estimate of drug-likeness (QED) is 0.671. The number of carbonyl (C=O) groups is 2. The third kappa shape index (κ3) is 2.82. The van der Waals surface area contributed by atoms with E-state index in [1.54, 1.807) is 6.92 Å². The van der Waals surface area contributed by atoms with Crippen LogP contribution < -0.4 is 5.32 Å². The van der Waals surface area contributed by atoms with E-state index in [0.29, 0.717) is 18.8 Å². The molecule has 0 aliphatic carbocycles. The minimum Gasteiger partial charge on any atom is -0.319 e. The minimum atomic E-state index is -1.03. The maximum absolute atomic E-state index is 12.6. The zero-order valence-electron chi connectivity index (χ0n) is 13.2. The summed E-state index contributed by atoms with van der Waals surface area (Å²) in [4.78, 5) is 25.9. The zero-order chi connectivity index (χ0) is 16.3. The number of carbonyl (C=O) groups excluding carboxylic acids is 2. The van der Waals surface area contributed by atoms with Gasteiger partial charge in [-0.05, 0) is 30.4 Å². The summed E-state index contributed by atoms with van der Waals surface area (Å²) >= 11 is 0. The van der Waals surface area contributed by atoms with Crippen LogP contribution in [0.25, 0.3) is 0 Å². The molecule has 1 aliphatic rings. The molecule has 22 heavy (non-hydrogen) atoms. The topological polar surface area (TPSA) is 73.2 Å². The highest BCUT2D eigenvalue weighted by molar-refractivity contribution is 6.07. The first kappa shape index (κ1) is 16.0. The lowest BCUT2D eigenvalue weighted by Gasteiger charge is -2.22. The van der Waals surface area contributed by atoms with Gasteiger partial charge in [0.1, 0.15) is 5.54 Å². The molecule has 5 heteroatoms. The molecule has 0 saturated carbocycles. The van der Waals surface area contributed by atoms with Crippen molar-refractivity contribution in [3.63, 3.8) is 0 Å². The lowest BCUT2D eigenvalue weighted by atomic mass is 9.90. The maximum Gasteiger partial charge on any atom is 0.325 e. The molecule has 0 radical (unpaired) electrons. The maximum atomic E-state index is 12.6. The van der Waals surface area contributed by atoms with Crippen molar-refractivity contribution in [2.75, 3.05) is 6.54 Å². The number of benzene rings is 1. The number of hydrogen-bond acceptors (Lipinski definition) is 3. The first-order valence-corrected chi connectivity index (χ1v) is 7.51. The van der Waals surface area contributed by atoms with Gasteiger partial charge in [0.15, 0.2) is 0 Å². The lowest BCUT2D eigenvalue weighted by molar-refractivity contribution is -0.131. The van der Waals surface area contributed by atoms with Crippen LogP contribution in [0, 0.1) is 11.3 Å². The van der Waals surface area contributed by atoms with Gasteiger partial charge in [-0.15, -0.1) is 0 Å². The van der Waals surface area contributed by atoms with E-state index in [0.717, 1.165) is 5.56 Å². The second kappa shape index (κ2) is 6.18. The Labute approximate surface area is 130 Å². The van der Waals surface area contributed by atoms with Crippen LogP contribution >= 0.6 is 0 Å². The molecule has 1 saturated heterocycles. The Morgan fingerprint density at radius 3 is 2.45 bits per heavy atom. The second-order valence-electron chi connectivity index (χ2n) is 6.05. The number of hydrogen-bond donors (Lipinski definition) is 1. The molecule has 1 aliphatic heterocycles. The van der Waals surface area contributed by atoms with E-state index in [1.165, 1.54) is 10.5 Å². The fourth-order valence-electron chi connectivity index (χ4n) is 2.61. The summed E-state index contributed by atoms with van der Waals surface area (Å²) in [5.41, 5.74) is 0.937. The predicted octanol–water partition coefficient (Wildman–Crippen LogP) is 2.88. The van der Waals surface area contributed by atoms with Crippen molar-refractivity contribution in [3.8, 4) is 6.07 Å². The largest absolute Gasteiger partial charge is 0.325 e. The molecule has 1 atom stereocenters. The summed E-state index contributed by atoms with van der Waals surface area (Å²) in [7, 11) is 0. The summed E-state index contributed by atoms with van der Waals surface area (Å²) in [5, 5.41) is 11.3. The SMILES string of the molecule is CC(C)c1ccc(C2(C)NC(=O)N(CCCC#N)C2=O)cc1. The van der Waals surface area contributed by atoms with Crippen LogP contribution in [0.4, 0.5) is 4.79 Å². The lowest BCUT2D eigenvalue weighted by Crippen LogP contribution is -2.41. The molecule has 0 aromatic heterocycles. The summed E-state index contributed by atoms with van der Waals surface area (Å²) in [6, 6.07) is 9.40. The molecule has 1 fully saturated rings. The highest BCUT2D eigenvalue weighted by atomic mass is 16.2. The van der Waals surface area contributed by atoms with E-state index in [4.69, 9.17) is 5.26 Å². The van der Waals surface area contributed by atoms with Crippen LogP contribution in [-0.4, -0.2) is 23.4 Å². The molecule has 0 bridgehead atoms. The van der Waals surface area contributed by atoms with Gasteiger partial charge >= 0.3 is 6.03 Å². The third-order valence-corrected chi connectivity index (χ3v) is 4.10. The Bertz CT molecular complexity index is 616. The van der Waals surface area contributed by atoms with Gasteiger partial charge in [0, 0.05) is 13.0 Å². The first-order valence-electron chi connectivity index (χ1n) is 7.51. The fourth-order valence-corrected chi connectivity index (χ4v) is 2.61. The predicted molar refractivity (Wildman–Crippen MR) is 83.0 cm³/mol. The molecule has 2 rings (SSSR count). The Morgan fingerprint density at radius 1 is 1.27 bits per heavy atom. The van der Waals surface area contributed by atoms with Crippen molar-refractivity contribution in [2.24, 2.45) is 0 Å². The highest BCUT2D eigenvalue weighted by Gasteiger charge is 2.48. The normalized spacial score (nSPS) is 21.1. The van der Waals surface area contributed by atoms with Crippen molar-refractivity contribution in [1.29, 1.82) is 5.26 Å². The number of nitrogens with zero attached hydrogens (tertiary/aromatic N) is 2. The Morgan fingerprint density at radius 2 is 1.91 bits per heavy atom. The second-order valence-corrected chi connectivity index (χ2v) is 6.05. The molecule has 116 valence electrons. The smallest absolute Gasteiger partial charge is 0.319 e. The fraction of sp³-hybridized carbons (Fsp3) is 0.471. The molecular formula is C17H21N3O2. The van der Waals surface area contributed by atoms with Crippen LogP contribution in [-0.2, 0) is 10.3 Å². The highest BCUT2D eigenvalue weighted by Crippen LogP contribution is 2.30. The van der Waals surface area contributed by atoms with Crippen LogP contribution in [0.5, 0.6) is 0 Å². The first-order chi connectivity index (χ1) is 10.4. The van der Waals surface area contributed by atoms with Crippen molar-refractivity contribution in [2.45, 2.75) is 45.1 Å². The van der Waals surface area contributed by atoms with Gasteiger partial charge in [0.2, 0.25) is 0 Å². The molecule has 1 heterocycles. The van der Waals surface area contributed by atoms with E-state index >= 15 is 0 Å². The van der Waals surface area contributed by atoms with Crippen molar-refractivity contribution < 1.29 is 9.59 Å². The van der Waals surface area contributed by atoms with Crippen molar-refractivity contribution >= 4 is 11.9 Å². The number of amides is 3. The molecule has 1 aromatic rings. The molecular weight excluding hydrogens is 278 g/mol. The molecule has 1 N–H and O–H groups in total. The van der Waals surface area contributed by atoms with Crippen LogP contribution in [0.15, 0.2) is 24.3 Å². The van der Waals surface area contributed by atoms with E-state index in [-0.39, 0.29) is 12.5 Å². The van der Waals surface area contributed by atoms with Gasteiger partial charge in [-0.1, -0.05) is 38.1 Å². The number of imide groups is 1. The molecule has 5 nitrogen and oxygen atoms in total. The Balaban J connectivity index is 2.21. The van der Waals surface area contributed by atoms with Gasteiger partial charge in [-0.25, -0.2) is 4.79 Å². The number of nitrogens with one attached hydrogen (secondary N) is 1. The van der Waals surface area contributed by atoms with Crippen LogP contribution in [0.3, 0.4) is 0 Å². The van der Waals surface area contributed by atoms with Crippen LogP contribution in [0.1, 0.15) is 50.7 Å². The third-order valence-electron chi connectivity index (χ3n) is 4.10. The molecule has 0 spiro atoms. The van der Waals surface area contributed by atoms with E-state index in [1.807, 2.05) is 30.3 Å². The summed E-state index contributed by atoms with van der Waals surface area (Å²) in [6.07, 6.45) is 0.828. The molecule has 1 unspecified atom stereocenters. The number of unbranched alkanes of at least 4 members (excludes halogenated alkanes) is 1. The zero-order valence-corrected chi connectivity index (χ0v) is 13.2. The molecule has 1 aromatic carbocycles. The summed E-state index contributed by atoms with van der Waals surface area (Å²) in [5.74, 6) is 0.158. The minimum absolute atomic E-state index is 0.257. The average molecular weight is 299 g/mol. The standard InChI is InChI=1S/C17H21N3O2/c1-12(2)13-6-8-14(9-7-13)17(3)15(21)20(16(22)19-17)11-5-4-10-18/h6-9,12H,4-5,11H2,1-3H3,(H,19,22). The Kier molecular flexibility index (Phi) is 4.51. The number of urea groups is 1. The number of rotatable bonds is 5. The van der Waals surface area contributed by atoms with Gasteiger partial charge < -0.3 is 5.32 Å². The van der Waals surface area contributed by atoms with Gasteiger partial charge in [-0.2, -0.15) is 5.26 Å². The van der Waals surface area contributed by atoms with E-state index < -0.39 is 11.6 Å². The van der Waals surface area contributed by atoms with Gasteiger partial charge in [0.05, 0.1) is 6.07 Å². The number of nitriles is 1. The monoisotopic (exact) mass is 299 g/mol. The molecule has 3 amide bonds. The van der Waals surface area contributed by atoms with Crippen molar-refractivity contribution in [1.82, 2.24) is 10.2 Å². The summed E-state index contributed by atoms with van der Waals surface area (Å²) < 4.78 is 0. The average Bonchev–Trinajstić information content (AvgIpc) is 2.71. The van der Waals surface area contributed by atoms with E-state index in [2.05, 4.69) is 19.2 Å². The van der Waals surface area contributed by atoms with Gasteiger partial charge in [-0.3, -0.25) is 9.69 Å².